The van der Waals surface area contributed by atoms with Crippen LogP contribution >= 0.6 is 0 Å². The van der Waals surface area contributed by atoms with Gasteiger partial charge < -0.3 is 15.1 Å². The number of likely N-dealkylation sites (N-methyl/N-ethyl adjacent to an activating group) is 1. The van der Waals surface area contributed by atoms with Gasteiger partial charge in [-0.15, -0.1) is 0 Å². The molecule has 2 heterocycles. The van der Waals surface area contributed by atoms with E-state index in [0.717, 1.165) is 6.04 Å². The summed E-state index contributed by atoms with van der Waals surface area (Å²) in [5, 5.41) is 3.41. The lowest BCUT2D eigenvalue weighted by atomic mass is 9.98. The number of hydrogen-bond donors (Lipinski definition) is 1. The fraction of sp³-hybridized carbons (Fsp3) is 1.00. The van der Waals surface area contributed by atoms with E-state index in [-0.39, 0.29) is 5.54 Å². The van der Waals surface area contributed by atoms with Crippen LogP contribution in [0.2, 0.25) is 0 Å². The van der Waals surface area contributed by atoms with E-state index in [1.54, 1.807) is 0 Å². The molecule has 2 aliphatic rings. The summed E-state index contributed by atoms with van der Waals surface area (Å²) >= 11 is 0. The van der Waals surface area contributed by atoms with Crippen molar-refractivity contribution < 1.29 is 0 Å². The van der Waals surface area contributed by atoms with Crippen molar-refractivity contribution in [3.8, 4) is 0 Å². The first-order valence-corrected chi connectivity index (χ1v) is 7.76. The first kappa shape index (κ1) is 14.3. The second kappa shape index (κ2) is 6.36. The molecule has 106 valence electrons. The summed E-state index contributed by atoms with van der Waals surface area (Å²) in [5.41, 5.74) is 0.248. The highest BCUT2D eigenvalue weighted by molar-refractivity contribution is 4.86. The van der Waals surface area contributed by atoms with Gasteiger partial charge in [0.25, 0.3) is 0 Å². The molecular weight excluding hydrogens is 222 g/mol. The molecule has 0 amide bonds. The van der Waals surface area contributed by atoms with Crippen LogP contribution in [0, 0.1) is 0 Å². The molecular formula is C15H31N3. The quantitative estimate of drug-likeness (QED) is 0.826. The van der Waals surface area contributed by atoms with Crippen LogP contribution in [-0.2, 0) is 0 Å². The van der Waals surface area contributed by atoms with Crippen molar-refractivity contribution in [3.63, 3.8) is 0 Å². The fourth-order valence-corrected chi connectivity index (χ4v) is 3.36. The van der Waals surface area contributed by atoms with E-state index < -0.39 is 0 Å². The Morgan fingerprint density at radius 2 is 1.61 bits per heavy atom. The van der Waals surface area contributed by atoms with E-state index in [1.807, 2.05) is 0 Å². The van der Waals surface area contributed by atoms with Gasteiger partial charge in [-0.25, -0.2) is 0 Å². The Morgan fingerprint density at radius 3 is 2.17 bits per heavy atom. The molecule has 18 heavy (non-hydrogen) atoms. The lowest BCUT2D eigenvalue weighted by molar-refractivity contribution is 0.0816. The molecule has 0 aromatic carbocycles. The van der Waals surface area contributed by atoms with Crippen LogP contribution in [0.5, 0.6) is 0 Å². The Balaban J connectivity index is 1.74. The van der Waals surface area contributed by atoms with Gasteiger partial charge in [-0.05, 0) is 72.8 Å². The van der Waals surface area contributed by atoms with Gasteiger partial charge in [-0.3, -0.25) is 0 Å². The summed E-state index contributed by atoms with van der Waals surface area (Å²) in [5.74, 6) is 0. The third-order valence-electron chi connectivity index (χ3n) is 4.76. The van der Waals surface area contributed by atoms with Crippen molar-refractivity contribution in [1.82, 2.24) is 15.1 Å². The van der Waals surface area contributed by atoms with Gasteiger partial charge in [-0.1, -0.05) is 6.42 Å². The van der Waals surface area contributed by atoms with Crippen LogP contribution in [0.1, 0.15) is 46.0 Å². The molecule has 3 nitrogen and oxygen atoms in total. The number of nitrogens with zero attached hydrogens (tertiary/aromatic N) is 2. The first-order valence-electron chi connectivity index (χ1n) is 7.76. The number of likely N-dealkylation sites (tertiary alicyclic amines) is 2. The molecule has 0 aliphatic carbocycles. The Bertz CT molecular complexity index is 238. The van der Waals surface area contributed by atoms with Gasteiger partial charge in [0.2, 0.25) is 0 Å². The standard InChI is InChI=1S/C15H31N3/c1-15(2,16-3)13-17-11-7-14(8-12-17)18-9-5-4-6-10-18/h14,16H,4-13H2,1-3H3. The minimum atomic E-state index is 0.248. The Labute approximate surface area is 113 Å². The first-order chi connectivity index (χ1) is 8.61. The Kier molecular flexibility index (Phi) is 5.05. The molecule has 0 spiro atoms. The Hall–Kier alpha value is -0.120. The number of rotatable bonds is 4. The second-order valence-electron chi connectivity index (χ2n) is 6.74. The summed E-state index contributed by atoms with van der Waals surface area (Å²) in [6, 6.07) is 0.874. The summed E-state index contributed by atoms with van der Waals surface area (Å²) in [7, 11) is 2.07. The van der Waals surface area contributed by atoms with Crippen LogP contribution in [0.3, 0.4) is 0 Å². The third-order valence-corrected chi connectivity index (χ3v) is 4.76. The zero-order chi connectivity index (χ0) is 13.0. The number of piperidine rings is 2. The van der Waals surface area contributed by atoms with E-state index in [0.29, 0.717) is 0 Å². The lowest BCUT2D eigenvalue weighted by Gasteiger charge is -2.42. The predicted octanol–water partition coefficient (Wildman–Crippen LogP) is 1.93. The molecule has 2 rings (SSSR count). The number of nitrogens with one attached hydrogen (secondary N) is 1. The van der Waals surface area contributed by atoms with Crippen LogP contribution in [0.15, 0.2) is 0 Å². The molecule has 0 unspecified atom stereocenters. The molecule has 0 saturated carbocycles. The molecule has 2 aliphatic heterocycles. The predicted molar refractivity (Wildman–Crippen MR) is 78.0 cm³/mol. The second-order valence-corrected chi connectivity index (χ2v) is 6.74. The maximum Gasteiger partial charge on any atom is 0.0249 e. The van der Waals surface area contributed by atoms with Gasteiger partial charge in [0.05, 0.1) is 0 Å². The smallest absolute Gasteiger partial charge is 0.0249 e. The highest BCUT2D eigenvalue weighted by atomic mass is 15.2. The molecule has 0 bridgehead atoms. The van der Waals surface area contributed by atoms with Crippen LogP contribution in [0.4, 0.5) is 0 Å². The van der Waals surface area contributed by atoms with E-state index in [2.05, 4.69) is 36.0 Å². The lowest BCUT2D eigenvalue weighted by Crippen LogP contribution is -2.52. The van der Waals surface area contributed by atoms with Crippen molar-refractivity contribution in [2.24, 2.45) is 0 Å². The summed E-state index contributed by atoms with van der Waals surface area (Å²) in [6.45, 7) is 11.0. The van der Waals surface area contributed by atoms with Crippen molar-refractivity contribution in [2.75, 3.05) is 39.8 Å². The molecule has 1 N–H and O–H groups in total. The normalized spacial score (nSPS) is 25.5. The highest BCUT2D eigenvalue weighted by Gasteiger charge is 2.27. The molecule has 0 aromatic heterocycles. The van der Waals surface area contributed by atoms with Crippen molar-refractivity contribution in [2.45, 2.75) is 57.5 Å². The minimum Gasteiger partial charge on any atom is -0.314 e. The molecule has 0 radical (unpaired) electrons. The fourth-order valence-electron chi connectivity index (χ4n) is 3.36. The zero-order valence-electron chi connectivity index (χ0n) is 12.5. The van der Waals surface area contributed by atoms with Crippen molar-refractivity contribution in [1.29, 1.82) is 0 Å². The highest BCUT2D eigenvalue weighted by Crippen LogP contribution is 2.21. The molecule has 2 fully saturated rings. The van der Waals surface area contributed by atoms with Gasteiger partial charge in [0.1, 0.15) is 0 Å². The van der Waals surface area contributed by atoms with Gasteiger partial charge >= 0.3 is 0 Å². The molecule has 0 atom stereocenters. The van der Waals surface area contributed by atoms with Gasteiger partial charge in [0.15, 0.2) is 0 Å². The van der Waals surface area contributed by atoms with Gasteiger partial charge in [-0.2, -0.15) is 0 Å². The number of hydrogen-bond acceptors (Lipinski definition) is 3. The summed E-state index contributed by atoms with van der Waals surface area (Å²) < 4.78 is 0. The van der Waals surface area contributed by atoms with E-state index in [1.165, 1.54) is 64.8 Å². The maximum absolute atomic E-state index is 3.41. The average Bonchev–Trinajstić information content (AvgIpc) is 2.40. The van der Waals surface area contributed by atoms with E-state index in [9.17, 15) is 0 Å². The summed E-state index contributed by atoms with van der Waals surface area (Å²) in [4.78, 5) is 5.39. The van der Waals surface area contributed by atoms with Crippen LogP contribution < -0.4 is 5.32 Å². The largest absolute Gasteiger partial charge is 0.314 e. The van der Waals surface area contributed by atoms with Crippen molar-refractivity contribution >= 4 is 0 Å². The SMILES string of the molecule is CNC(C)(C)CN1CCC(N2CCCCC2)CC1. The monoisotopic (exact) mass is 253 g/mol. The van der Waals surface area contributed by atoms with E-state index in [4.69, 9.17) is 0 Å². The third kappa shape index (κ3) is 3.94. The zero-order valence-corrected chi connectivity index (χ0v) is 12.5. The Morgan fingerprint density at radius 1 is 1.00 bits per heavy atom. The minimum absolute atomic E-state index is 0.248. The summed E-state index contributed by atoms with van der Waals surface area (Å²) in [6.07, 6.45) is 7.05. The molecule has 3 heteroatoms. The molecule has 2 saturated heterocycles. The van der Waals surface area contributed by atoms with Crippen LogP contribution in [0.25, 0.3) is 0 Å². The maximum atomic E-state index is 3.41. The molecule has 0 aromatic rings. The van der Waals surface area contributed by atoms with Crippen LogP contribution in [-0.4, -0.2) is 61.2 Å². The van der Waals surface area contributed by atoms with Crippen molar-refractivity contribution in [3.05, 3.63) is 0 Å². The topological polar surface area (TPSA) is 18.5 Å². The van der Waals surface area contributed by atoms with E-state index >= 15 is 0 Å². The average molecular weight is 253 g/mol. The van der Waals surface area contributed by atoms with Gasteiger partial charge in [0, 0.05) is 18.1 Å².